The molecular formula is C24H16BrClN2O8S2. The van der Waals surface area contributed by atoms with E-state index in [0.29, 0.717) is 16.1 Å². The fourth-order valence-electron chi connectivity index (χ4n) is 3.38. The third-order valence-electron chi connectivity index (χ3n) is 5.24. The first-order valence-corrected chi connectivity index (χ1v) is 13.9. The number of nitro benzene ring substituents is 1. The maximum absolute atomic E-state index is 12.9. The zero-order valence-corrected chi connectivity index (χ0v) is 23.3. The maximum atomic E-state index is 12.9. The van der Waals surface area contributed by atoms with Crippen molar-refractivity contribution < 1.29 is 31.9 Å². The minimum Gasteiger partial charge on any atom is -0.493 e. The Morgan fingerprint density at radius 3 is 2.45 bits per heavy atom. The molecule has 0 aromatic heterocycles. The van der Waals surface area contributed by atoms with Crippen molar-refractivity contribution in [2.75, 3.05) is 7.11 Å². The standard InChI is InChI=1S/C24H16BrClN2O8S2/c1-35-20-11-14(12-21-23(29)27(24(30)37-21)13-15-4-2-3-5-19(15)26)10-18(25)22(20)36-38(33,34)17-8-6-16(7-9-17)28(31)32/h2-12H,13H2,1H3/b21-12-. The van der Waals surface area contributed by atoms with Gasteiger partial charge in [0.25, 0.3) is 16.8 Å². The van der Waals surface area contributed by atoms with Gasteiger partial charge in [0, 0.05) is 17.2 Å². The second kappa shape index (κ2) is 11.2. The molecule has 0 bridgehead atoms. The zero-order chi connectivity index (χ0) is 27.6. The van der Waals surface area contributed by atoms with E-state index in [2.05, 4.69) is 15.9 Å². The molecule has 3 aromatic carbocycles. The Hall–Kier alpha value is -3.39. The first kappa shape index (κ1) is 27.6. The average Bonchev–Trinajstić information content (AvgIpc) is 3.14. The number of halogens is 2. The third kappa shape index (κ3) is 5.85. The molecule has 1 saturated heterocycles. The van der Waals surface area contributed by atoms with E-state index in [1.807, 2.05) is 0 Å². The summed E-state index contributed by atoms with van der Waals surface area (Å²) >= 11 is 10.2. The van der Waals surface area contributed by atoms with Gasteiger partial charge < -0.3 is 8.92 Å². The minimum atomic E-state index is -4.37. The van der Waals surface area contributed by atoms with Crippen LogP contribution in [0.4, 0.5) is 10.5 Å². The Kier molecular flexibility index (Phi) is 8.11. The minimum absolute atomic E-state index is 0.0158. The number of non-ortho nitro benzene ring substituents is 1. The second-order valence-corrected chi connectivity index (χ2v) is 11.5. The molecule has 2 amide bonds. The van der Waals surface area contributed by atoms with Gasteiger partial charge in [0.05, 0.1) is 28.0 Å². The number of hydrogen-bond donors (Lipinski definition) is 0. The van der Waals surface area contributed by atoms with Crippen LogP contribution in [0, 0.1) is 10.1 Å². The molecule has 0 spiro atoms. The largest absolute Gasteiger partial charge is 0.493 e. The number of thioether (sulfide) groups is 1. The number of carbonyl (C=O) groups excluding carboxylic acids is 2. The highest BCUT2D eigenvalue weighted by molar-refractivity contribution is 9.10. The van der Waals surface area contributed by atoms with E-state index in [4.69, 9.17) is 20.5 Å². The number of rotatable bonds is 8. The molecule has 0 atom stereocenters. The number of methoxy groups -OCH3 is 1. The smallest absolute Gasteiger partial charge is 0.339 e. The maximum Gasteiger partial charge on any atom is 0.339 e. The van der Waals surface area contributed by atoms with E-state index in [9.17, 15) is 28.1 Å². The highest BCUT2D eigenvalue weighted by Gasteiger charge is 2.35. The lowest BCUT2D eigenvalue weighted by atomic mass is 10.1. The Labute approximate surface area is 234 Å². The van der Waals surface area contributed by atoms with Crippen molar-refractivity contribution in [3.8, 4) is 11.5 Å². The molecule has 0 aliphatic carbocycles. The summed E-state index contributed by atoms with van der Waals surface area (Å²) in [6.45, 7) is 0.0158. The molecule has 1 aliphatic rings. The Morgan fingerprint density at radius 1 is 1.13 bits per heavy atom. The molecule has 1 heterocycles. The fourth-order valence-corrected chi connectivity index (χ4v) is 6.02. The molecule has 10 nitrogen and oxygen atoms in total. The van der Waals surface area contributed by atoms with E-state index >= 15 is 0 Å². The lowest BCUT2D eigenvalue weighted by molar-refractivity contribution is -0.384. The summed E-state index contributed by atoms with van der Waals surface area (Å²) in [6.07, 6.45) is 1.47. The summed E-state index contributed by atoms with van der Waals surface area (Å²) in [5.74, 6) is -0.655. The quantitative estimate of drug-likeness (QED) is 0.125. The van der Waals surface area contributed by atoms with Crippen LogP contribution < -0.4 is 8.92 Å². The van der Waals surface area contributed by atoms with Crippen LogP contribution >= 0.6 is 39.3 Å². The Morgan fingerprint density at radius 2 is 1.82 bits per heavy atom. The average molecular weight is 640 g/mol. The molecule has 38 heavy (non-hydrogen) atoms. The molecule has 0 saturated carbocycles. The predicted octanol–water partition coefficient (Wildman–Crippen LogP) is 6.02. The van der Waals surface area contributed by atoms with Crippen molar-refractivity contribution in [1.82, 2.24) is 4.90 Å². The summed E-state index contributed by atoms with van der Waals surface area (Å²) in [5.41, 5.74) is 0.776. The van der Waals surface area contributed by atoms with Crippen LogP contribution in [0.15, 0.2) is 74.9 Å². The van der Waals surface area contributed by atoms with E-state index in [-0.39, 0.29) is 38.0 Å². The van der Waals surface area contributed by atoms with Gasteiger partial charge in [-0.15, -0.1) is 0 Å². The number of carbonyl (C=O) groups is 2. The number of imide groups is 1. The van der Waals surface area contributed by atoms with Crippen molar-refractivity contribution in [2.45, 2.75) is 11.4 Å². The van der Waals surface area contributed by atoms with Crippen molar-refractivity contribution in [1.29, 1.82) is 0 Å². The summed E-state index contributed by atoms with van der Waals surface area (Å²) in [7, 11) is -3.07. The van der Waals surface area contributed by atoms with Crippen LogP contribution in [-0.2, 0) is 21.5 Å². The highest BCUT2D eigenvalue weighted by atomic mass is 79.9. The molecular weight excluding hydrogens is 624 g/mol. The molecule has 14 heteroatoms. The molecule has 196 valence electrons. The monoisotopic (exact) mass is 638 g/mol. The summed E-state index contributed by atoms with van der Waals surface area (Å²) in [6, 6.07) is 14.0. The van der Waals surface area contributed by atoms with Gasteiger partial charge in [0.1, 0.15) is 4.90 Å². The number of hydrogen-bond acceptors (Lipinski definition) is 9. The molecule has 1 aliphatic heterocycles. The van der Waals surface area contributed by atoms with Crippen molar-refractivity contribution >= 4 is 72.3 Å². The fraction of sp³-hybridized carbons (Fsp3) is 0.0833. The predicted molar refractivity (Wildman–Crippen MR) is 145 cm³/mol. The van der Waals surface area contributed by atoms with Gasteiger partial charge in [0.15, 0.2) is 11.5 Å². The number of nitro groups is 1. The summed E-state index contributed by atoms with van der Waals surface area (Å²) in [5, 5.41) is 10.8. The number of amides is 2. The lowest BCUT2D eigenvalue weighted by Gasteiger charge is -2.14. The van der Waals surface area contributed by atoms with Crippen LogP contribution in [0.2, 0.25) is 5.02 Å². The van der Waals surface area contributed by atoms with Crippen LogP contribution in [0.25, 0.3) is 6.08 Å². The van der Waals surface area contributed by atoms with Crippen LogP contribution in [0.5, 0.6) is 11.5 Å². The molecule has 0 unspecified atom stereocenters. The van der Waals surface area contributed by atoms with Gasteiger partial charge in [-0.2, -0.15) is 8.42 Å². The number of ether oxygens (including phenoxy) is 1. The topological polar surface area (TPSA) is 133 Å². The summed E-state index contributed by atoms with van der Waals surface area (Å²) in [4.78, 5) is 36.6. The van der Waals surface area contributed by atoms with Crippen molar-refractivity contribution in [3.05, 3.63) is 96.3 Å². The van der Waals surface area contributed by atoms with E-state index < -0.39 is 26.2 Å². The molecule has 4 rings (SSSR count). The molecule has 0 N–H and O–H groups in total. The second-order valence-electron chi connectivity index (χ2n) is 7.68. The van der Waals surface area contributed by atoms with Crippen LogP contribution in [0.1, 0.15) is 11.1 Å². The van der Waals surface area contributed by atoms with Gasteiger partial charge in [-0.1, -0.05) is 29.8 Å². The normalized spacial score (nSPS) is 14.7. The van der Waals surface area contributed by atoms with Crippen molar-refractivity contribution in [3.63, 3.8) is 0 Å². The van der Waals surface area contributed by atoms with Gasteiger partial charge in [-0.3, -0.25) is 24.6 Å². The third-order valence-corrected chi connectivity index (χ3v) is 8.34. The molecule has 3 aromatic rings. The van der Waals surface area contributed by atoms with E-state index in [1.54, 1.807) is 24.3 Å². The van der Waals surface area contributed by atoms with Gasteiger partial charge in [-0.05, 0) is 75.2 Å². The van der Waals surface area contributed by atoms with Crippen molar-refractivity contribution in [2.24, 2.45) is 0 Å². The summed E-state index contributed by atoms with van der Waals surface area (Å²) < 4.78 is 36.3. The first-order valence-electron chi connectivity index (χ1n) is 10.6. The Bertz CT molecular complexity index is 1590. The SMILES string of the molecule is COc1cc(/C=C2\SC(=O)N(Cc3ccccc3Cl)C2=O)cc(Br)c1OS(=O)(=O)c1ccc([N+](=O)[O-])cc1. The highest BCUT2D eigenvalue weighted by Crippen LogP contribution is 2.41. The first-order chi connectivity index (χ1) is 18.0. The zero-order valence-electron chi connectivity index (χ0n) is 19.3. The van der Waals surface area contributed by atoms with Gasteiger partial charge in [0.2, 0.25) is 0 Å². The van der Waals surface area contributed by atoms with E-state index in [0.717, 1.165) is 40.9 Å². The Balaban J connectivity index is 1.59. The van der Waals surface area contributed by atoms with Gasteiger partial charge in [-0.25, -0.2) is 0 Å². The lowest BCUT2D eigenvalue weighted by Crippen LogP contribution is -2.27. The van der Waals surface area contributed by atoms with Crippen LogP contribution in [-0.4, -0.2) is 36.5 Å². The van der Waals surface area contributed by atoms with E-state index in [1.165, 1.54) is 25.3 Å². The number of nitrogens with zero attached hydrogens (tertiary/aromatic N) is 2. The van der Waals surface area contributed by atoms with Gasteiger partial charge >= 0.3 is 10.1 Å². The number of benzene rings is 3. The molecule has 1 fully saturated rings. The molecule has 0 radical (unpaired) electrons. The van der Waals surface area contributed by atoms with Crippen LogP contribution in [0.3, 0.4) is 0 Å².